The van der Waals surface area contributed by atoms with Gasteiger partial charge in [-0.15, -0.1) is 0 Å². The van der Waals surface area contributed by atoms with E-state index in [4.69, 9.17) is 0 Å². The number of carbonyl (C=O) groups excluding carboxylic acids is 1. The van der Waals surface area contributed by atoms with Crippen molar-refractivity contribution in [2.75, 3.05) is 5.32 Å². The number of carbonyl (C=O) groups is 1. The monoisotopic (exact) mass is 178 g/mol. The summed E-state index contributed by atoms with van der Waals surface area (Å²) in [6, 6.07) is 1.96. The molecule has 1 amide bonds. The lowest BCUT2D eigenvalue weighted by molar-refractivity contribution is -0.119. The second-order valence-corrected chi connectivity index (χ2v) is 3.72. The predicted octanol–water partition coefficient (Wildman–Crippen LogP) is 1.55. The number of amides is 1. The Labute approximate surface area is 77.7 Å². The van der Waals surface area contributed by atoms with Crippen LogP contribution in [0.1, 0.15) is 19.0 Å². The summed E-state index contributed by atoms with van der Waals surface area (Å²) in [6.45, 7) is 1.97. The van der Waals surface area contributed by atoms with E-state index in [9.17, 15) is 4.79 Å². The number of fused-ring (bicyclic) bond motifs is 1. The van der Waals surface area contributed by atoms with Crippen LogP contribution in [0.15, 0.2) is 12.3 Å². The van der Waals surface area contributed by atoms with Crippen LogP contribution in [-0.4, -0.2) is 10.5 Å². The molecule has 3 nitrogen and oxygen atoms in total. The van der Waals surface area contributed by atoms with Crippen LogP contribution in [0.25, 0.3) is 0 Å². The summed E-state index contributed by atoms with van der Waals surface area (Å²) in [5, 5.41) is 2.93. The molecule has 1 unspecified atom stereocenters. The maximum absolute atomic E-state index is 11.5. The minimum atomic E-state index is 0.132. The van der Waals surface area contributed by atoms with Gasteiger partial charge in [-0.2, -0.15) is 0 Å². The first-order chi connectivity index (χ1) is 6.18. The highest BCUT2D eigenvalue weighted by molar-refractivity contribution is 5.93. The fourth-order valence-corrected chi connectivity index (χ4v) is 1.73. The lowest BCUT2D eigenvalue weighted by Gasteiger charge is -2.04. The molecule has 13 heavy (non-hydrogen) atoms. The Bertz CT molecular complexity index is 341. The van der Waals surface area contributed by atoms with Crippen LogP contribution in [0.5, 0.6) is 0 Å². The molecule has 2 heterocycles. The third-order valence-corrected chi connectivity index (χ3v) is 2.72. The quantitative estimate of drug-likeness (QED) is 0.642. The van der Waals surface area contributed by atoms with E-state index in [1.165, 1.54) is 5.69 Å². The van der Waals surface area contributed by atoms with Crippen LogP contribution in [0, 0.1) is 5.92 Å². The maximum atomic E-state index is 11.5. The van der Waals surface area contributed by atoms with Gasteiger partial charge in [-0.05, 0) is 18.9 Å². The van der Waals surface area contributed by atoms with Crippen molar-refractivity contribution >= 4 is 11.6 Å². The summed E-state index contributed by atoms with van der Waals surface area (Å²) < 4.78 is 2.08. The van der Waals surface area contributed by atoms with Gasteiger partial charge >= 0.3 is 0 Å². The summed E-state index contributed by atoms with van der Waals surface area (Å²) in [4.78, 5) is 11.5. The van der Waals surface area contributed by atoms with E-state index in [2.05, 4.69) is 9.88 Å². The van der Waals surface area contributed by atoms with E-state index in [0.29, 0.717) is 0 Å². The number of anilines is 1. The number of hydrogen-bond donors (Lipinski definition) is 1. The molecule has 1 aliphatic rings. The van der Waals surface area contributed by atoms with Crippen LogP contribution in [0.2, 0.25) is 0 Å². The zero-order chi connectivity index (χ0) is 9.42. The van der Waals surface area contributed by atoms with Crippen molar-refractivity contribution < 1.29 is 4.79 Å². The van der Waals surface area contributed by atoms with E-state index in [-0.39, 0.29) is 11.8 Å². The molecular weight excluding hydrogens is 164 g/mol. The molecule has 0 radical (unpaired) electrons. The standard InChI is InChI=1S/C10H14N2O/c1-7-3-4-9-8(11-10(7)13)5-6-12(9)2/h5-7H,3-4H2,1-2H3,(H,11,13). The average Bonchev–Trinajstić information content (AvgIpc) is 2.36. The molecule has 0 aromatic carbocycles. The number of rotatable bonds is 0. The Kier molecular flexibility index (Phi) is 1.87. The Morgan fingerprint density at radius 2 is 2.38 bits per heavy atom. The molecule has 0 aliphatic carbocycles. The molecule has 0 saturated heterocycles. The normalized spacial score (nSPS) is 22.0. The summed E-state index contributed by atoms with van der Waals surface area (Å²) >= 11 is 0. The number of aryl methyl sites for hydroxylation is 1. The second-order valence-electron chi connectivity index (χ2n) is 3.72. The van der Waals surface area contributed by atoms with Gasteiger partial charge in [-0.3, -0.25) is 4.79 Å². The van der Waals surface area contributed by atoms with Gasteiger partial charge in [0.25, 0.3) is 0 Å². The van der Waals surface area contributed by atoms with E-state index in [1.807, 2.05) is 26.2 Å². The smallest absolute Gasteiger partial charge is 0.227 e. The molecule has 1 aliphatic heterocycles. The van der Waals surface area contributed by atoms with Crippen LogP contribution >= 0.6 is 0 Å². The highest BCUT2D eigenvalue weighted by Crippen LogP contribution is 2.24. The molecule has 1 N–H and O–H groups in total. The molecule has 70 valence electrons. The van der Waals surface area contributed by atoms with Crippen LogP contribution in [0.4, 0.5) is 5.69 Å². The molecule has 0 fully saturated rings. The molecule has 1 aromatic heterocycles. The largest absolute Gasteiger partial charge is 0.353 e. The van der Waals surface area contributed by atoms with Gasteiger partial charge in [0.05, 0.1) is 5.69 Å². The number of hydrogen-bond acceptors (Lipinski definition) is 1. The van der Waals surface area contributed by atoms with Crippen molar-refractivity contribution in [2.24, 2.45) is 13.0 Å². The fraction of sp³-hybridized carbons (Fsp3) is 0.500. The van der Waals surface area contributed by atoms with Crippen molar-refractivity contribution in [3.05, 3.63) is 18.0 Å². The van der Waals surface area contributed by atoms with Gasteiger partial charge in [0, 0.05) is 24.9 Å². The maximum Gasteiger partial charge on any atom is 0.227 e. The number of nitrogens with one attached hydrogen (secondary N) is 1. The molecular formula is C10H14N2O. The van der Waals surface area contributed by atoms with Gasteiger partial charge in [0.1, 0.15) is 0 Å². The fourth-order valence-electron chi connectivity index (χ4n) is 1.73. The van der Waals surface area contributed by atoms with Crippen molar-refractivity contribution in [3.63, 3.8) is 0 Å². The topological polar surface area (TPSA) is 34.0 Å². The average molecular weight is 178 g/mol. The Hall–Kier alpha value is -1.25. The van der Waals surface area contributed by atoms with Crippen molar-refractivity contribution in [1.82, 2.24) is 4.57 Å². The minimum Gasteiger partial charge on any atom is -0.353 e. The highest BCUT2D eigenvalue weighted by Gasteiger charge is 2.20. The second kappa shape index (κ2) is 2.91. The van der Waals surface area contributed by atoms with Crippen molar-refractivity contribution in [3.8, 4) is 0 Å². The van der Waals surface area contributed by atoms with Crippen molar-refractivity contribution in [1.29, 1.82) is 0 Å². The summed E-state index contributed by atoms with van der Waals surface area (Å²) in [7, 11) is 2.01. The van der Waals surface area contributed by atoms with Gasteiger partial charge in [0.15, 0.2) is 0 Å². The Balaban J connectivity index is 2.36. The number of aromatic nitrogens is 1. The van der Waals surface area contributed by atoms with E-state index in [1.54, 1.807) is 0 Å². The SMILES string of the molecule is CC1CCc2c(ccn2C)NC1=O. The lowest BCUT2D eigenvalue weighted by atomic mass is 10.1. The molecule has 3 heteroatoms. The lowest BCUT2D eigenvalue weighted by Crippen LogP contribution is -2.18. The molecule has 0 saturated carbocycles. The first-order valence-corrected chi connectivity index (χ1v) is 4.63. The van der Waals surface area contributed by atoms with E-state index < -0.39 is 0 Å². The Morgan fingerprint density at radius 3 is 3.15 bits per heavy atom. The molecule has 1 aromatic rings. The van der Waals surface area contributed by atoms with Crippen LogP contribution in [0.3, 0.4) is 0 Å². The third kappa shape index (κ3) is 1.34. The third-order valence-electron chi connectivity index (χ3n) is 2.72. The van der Waals surface area contributed by atoms with E-state index in [0.717, 1.165) is 18.5 Å². The van der Waals surface area contributed by atoms with Gasteiger partial charge in [-0.1, -0.05) is 6.92 Å². The zero-order valence-electron chi connectivity index (χ0n) is 8.00. The highest BCUT2D eigenvalue weighted by atomic mass is 16.1. The summed E-state index contributed by atoms with van der Waals surface area (Å²) in [6.07, 6.45) is 3.91. The van der Waals surface area contributed by atoms with Gasteiger partial charge < -0.3 is 9.88 Å². The number of nitrogens with zero attached hydrogens (tertiary/aromatic N) is 1. The molecule has 0 bridgehead atoms. The van der Waals surface area contributed by atoms with Gasteiger partial charge in [-0.25, -0.2) is 0 Å². The summed E-state index contributed by atoms with van der Waals surface area (Å²) in [5.74, 6) is 0.275. The molecule has 1 atom stereocenters. The predicted molar refractivity (Wildman–Crippen MR) is 51.5 cm³/mol. The van der Waals surface area contributed by atoms with Crippen molar-refractivity contribution in [2.45, 2.75) is 19.8 Å². The first-order valence-electron chi connectivity index (χ1n) is 4.63. The van der Waals surface area contributed by atoms with E-state index >= 15 is 0 Å². The van der Waals surface area contributed by atoms with Crippen LogP contribution < -0.4 is 5.32 Å². The minimum absolute atomic E-state index is 0.132. The zero-order valence-corrected chi connectivity index (χ0v) is 8.00. The van der Waals surface area contributed by atoms with Gasteiger partial charge in [0.2, 0.25) is 5.91 Å². The Morgan fingerprint density at radius 1 is 1.62 bits per heavy atom. The summed E-state index contributed by atoms with van der Waals surface area (Å²) in [5.41, 5.74) is 2.22. The van der Waals surface area contributed by atoms with Crippen LogP contribution in [-0.2, 0) is 18.3 Å². The molecule has 0 spiro atoms. The first kappa shape index (κ1) is 8.35. The molecule has 2 rings (SSSR count).